The molecule has 2 rings (SSSR count). The maximum absolute atomic E-state index is 9.79. The molecule has 14 heavy (non-hydrogen) atoms. The van der Waals surface area contributed by atoms with E-state index < -0.39 is 0 Å². The van der Waals surface area contributed by atoms with E-state index in [1.54, 1.807) is 12.3 Å². The van der Waals surface area contributed by atoms with Gasteiger partial charge < -0.3 is 5.11 Å². The van der Waals surface area contributed by atoms with Gasteiger partial charge in [0.1, 0.15) is 5.75 Å². The van der Waals surface area contributed by atoms with Gasteiger partial charge in [0.25, 0.3) is 0 Å². The van der Waals surface area contributed by atoms with Gasteiger partial charge in [-0.25, -0.2) is 0 Å². The normalized spacial score (nSPS) is 10.8. The van der Waals surface area contributed by atoms with E-state index in [-0.39, 0.29) is 5.75 Å². The fraction of sp³-hybridized carbons (Fsp3) is 0.100. The molecule has 0 saturated carbocycles. The molecule has 1 heterocycles. The SMILES string of the molecule is Cc1cnc2cc(Cl)c(I)cc2c1O. The first-order chi connectivity index (χ1) is 6.59. The van der Waals surface area contributed by atoms with Crippen LogP contribution in [-0.2, 0) is 0 Å². The molecule has 0 unspecified atom stereocenters. The zero-order valence-electron chi connectivity index (χ0n) is 7.38. The van der Waals surface area contributed by atoms with Gasteiger partial charge >= 0.3 is 0 Å². The summed E-state index contributed by atoms with van der Waals surface area (Å²) in [5, 5.41) is 11.2. The number of aromatic nitrogens is 1. The summed E-state index contributed by atoms with van der Waals surface area (Å²) in [6.07, 6.45) is 1.64. The number of pyridine rings is 1. The third-order valence-electron chi connectivity index (χ3n) is 2.06. The second-order valence-electron chi connectivity index (χ2n) is 3.07. The van der Waals surface area contributed by atoms with Crippen LogP contribution in [-0.4, -0.2) is 10.1 Å². The van der Waals surface area contributed by atoms with Crippen LogP contribution in [0.2, 0.25) is 5.02 Å². The lowest BCUT2D eigenvalue weighted by Crippen LogP contribution is -1.85. The maximum atomic E-state index is 9.79. The molecule has 2 aromatic rings. The predicted octanol–water partition coefficient (Wildman–Crippen LogP) is 3.51. The summed E-state index contributed by atoms with van der Waals surface area (Å²) >= 11 is 8.08. The van der Waals surface area contributed by atoms with Crippen LogP contribution in [0.3, 0.4) is 0 Å². The standard InChI is InChI=1S/C10H7ClINO/c1-5-4-13-9-3-7(11)8(12)2-6(9)10(5)14/h2-4H,1H3,(H,13,14). The number of halogens is 2. The number of benzene rings is 1. The Bertz CT molecular complexity index is 513. The Morgan fingerprint density at radius 2 is 2.14 bits per heavy atom. The fourth-order valence-electron chi connectivity index (χ4n) is 1.27. The summed E-state index contributed by atoms with van der Waals surface area (Å²) in [6, 6.07) is 3.60. The second kappa shape index (κ2) is 3.55. The molecule has 0 saturated heterocycles. The van der Waals surface area contributed by atoms with E-state index in [4.69, 9.17) is 11.6 Å². The Balaban J connectivity index is 2.89. The smallest absolute Gasteiger partial charge is 0.129 e. The Kier molecular flexibility index (Phi) is 2.53. The zero-order chi connectivity index (χ0) is 10.3. The van der Waals surface area contributed by atoms with Crippen molar-refractivity contribution in [1.29, 1.82) is 0 Å². The average Bonchev–Trinajstić information content (AvgIpc) is 2.15. The topological polar surface area (TPSA) is 33.1 Å². The Morgan fingerprint density at radius 3 is 2.86 bits per heavy atom. The van der Waals surface area contributed by atoms with Gasteiger partial charge in [-0.1, -0.05) is 11.6 Å². The van der Waals surface area contributed by atoms with Crippen LogP contribution in [0.4, 0.5) is 0 Å². The number of aromatic hydroxyl groups is 1. The number of hydrogen-bond donors (Lipinski definition) is 1. The summed E-state index contributed by atoms with van der Waals surface area (Å²) in [7, 11) is 0. The molecule has 0 spiro atoms. The summed E-state index contributed by atoms with van der Waals surface area (Å²) in [5.41, 5.74) is 1.49. The van der Waals surface area contributed by atoms with E-state index in [2.05, 4.69) is 27.6 Å². The largest absolute Gasteiger partial charge is 0.507 e. The maximum Gasteiger partial charge on any atom is 0.129 e. The van der Waals surface area contributed by atoms with Crippen molar-refractivity contribution < 1.29 is 5.11 Å². The minimum Gasteiger partial charge on any atom is -0.507 e. The third-order valence-corrected chi connectivity index (χ3v) is 3.59. The highest BCUT2D eigenvalue weighted by atomic mass is 127. The highest BCUT2D eigenvalue weighted by molar-refractivity contribution is 14.1. The lowest BCUT2D eigenvalue weighted by atomic mass is 10.1. The molecule has 0 bridgehead atoms. The van der Waals surface area contributed by atoms with Crippen molar-refractivity contribution in [3.8, 4) is 5.75 Å². The van der Waals surface area contributed by atoms with Gasteiger partial charge in [-0.2, -0.15) is 0 Å². The number of nitrogens with zero attached hydrogens (tertiary/aromatic N) is 1. The van der Waals surface area contributed by atoms with E-state index in [0.29, 0.717) is 5.02 Å². The average molecular weight is 320 g/mol. The molecule has 0 atom stereocenters. The van der Waals surface area contributed by atoms with E-state index in [1.165, 1.54) is 0 Å². The second-order valence-corrected chi connectivity index (χ2v) is 4.64. The highest BCUT2D eigenvalue weighted by Gasteiger charge is 2.07. The van der Waals surface area contributed by atoms with Gasteiger partial charge in [0.15, 0.2) is 0 Å². The molecule has 2 nitrogen and oxygen atoms in total. The van der Waals surface area contributed by atoms with Gasteiger partial charge in [-0.05, 0) is 41.6 Å². The van der Waals surface area contributed by atoms with Gasteiger partial charge in [0.2, 0.25) is 0 Å². The number of hydrogen-bond acceptors (Lipinski definition) is 2. The fourth-order valence-corrected chi connectivity index (χ4v) is 1.90. The van der Waals surface area contributed by atoms with Crippen LogP contribution in [0, 0.1) is 10.5 Å². The van der Waals surface area contributed by atoms with Crippen LogP contribution in [0.5, 0.6) is 5.75 Å². The molecular weight excluding hydrogens is 312 g/mol. The molecule has 0 aliphatic rings. The summed E-state index contributed by atoms with van der Waals surface area (Å²) in [6.45, 7) is 1.82. The summed E-state index contributed by atoms with van der Waals surface area (Å²) < 4.78 is 0.916. The first kappa shape index (κ1) is 9.98. The van der Waals surface area contributed by atoms with Crippen molar-refractivity contribution in [2.75, 3.05) is 0 Å². The van der Waals surface area contributed by atoms with E-state index in [0.717, 1.165) is 20.0 Å². The quantitative estimate of drug-likeness (QED) is 0.754. The molecule has 1 aromatic carbocycles. The van der Waals surface area contributed by atoms with Crippen LogP contribution >= 0.6 is 34.2 Å². The monoisotopic (exact) mass is 319 g/mol. The first-order valence-corrected chi connectivity index (χ1v) is 5.48. The molecule has 1 aromatic heterocycles. The first-order valence-electron chi connectivity index (χ1n) is 4.03. The number of fused-ring (bicyclic) bond motifs is 1. The van der Waals surface area contributed by atoms with Gasteiger partial charge in [-0.15, -0.1) is 0 Å². The van der Waals surface area contributed by atoms with E-state index in [9.17, 15) is 5.11 Å². The van der Waals surface area contributed by atoms with Crippen LogP contribution in [0.25, 0.3) is 10.9 Å². The van der Waals surface area contributed by atoms with Crippen molar-refractivity contribution in [2.24, 2.45) is 0 Å². The van der Waals surface area contributed by atoms with Crippen molar-refractivity contribution in [3.63, 3.8) is 0 Å². The Labute approximate surface area is 100 Å². The minimum atomic E-state index is 0.282. The molecule has 0 amide bonds. The summed E-state index contributed by atoms with van der Waals surface area (Å²) in [4.78, 5) is 4.20. The van der Waals surface area contributed by atoms with Crippen LogP contribution < -0.4 is 0 Å². The van der Waals surface area contributed by atoms with Crippen LogP contribution in [0.1, 0.15) is 5.56 Å². The third kappa shape index (κ3) is 1.54. The molecule has 0 fully saturated rings. The van der Waals surface area contributed by atoms with E-state index in [1.807, 2.05) is 13.0 Å². The molecule has 72 valence electrons. The van der Waals surface area contributed by atoms with Crippen LogP contribution in [0.15, 0.2) is 18.3 Å². The number of rotatable bonds is 0. The minimum absolute atomic E-state index is 0.282. The van der Waals surface area contributed by atoms with Crippen molar-refractivity contribution in [1.82, 2.24) is 4.98 Å². The lowest BCUT2D eigenvalue weighted by molar-refractivity contribution is 0.477. The Hall–Kier alpha value is -0.550. The Morgan fingerprint density at radius 1 is 1.43 bits per heavy atom. The van der Waals surface area contributed by atoms with Crippen molar-refractivity contribution >= 4 is 45.1 Å². The lowest BCUT2D eigenvalue weighted by Gasteiger charge is -2.04. The van der Waals surface area contributed by atoms with E-state index >= 15 is 0 Å². The highest BCUT2D eigenvalue weighted by Crippen LogP contribution is 2.31. The molecule has 0 radical (unpaired) electrons. The predicted molar refractivity (Wildman–Crippen MR) is 65.9 cm³/mol. The molecule has 1 N–H and O–H groups in total. The van der Waals surface area contributed by atoms with Gasteiger partial charge in [0, 0.05) is 20.7 Å². The molecular formula is C10H7ClINO. The molecule has 0 aliphatic heterocycles. The summed E-state index contributed by atoms with van der Waals surface area (Å²) in [5.74, 6) is 0.282. The zero-order valence-corrected chi connectivity index (χ0v) is 10.3. The van der Waals surface area contributed by atoms with Gasteiger partial charge in [0.05, 0.1) is 10.5 Å². The van der Waals surface area contributed by atoms with Crippen molar-refractivity contribution in [3.05, 3.63) is 32.5 Å². The number of aryl methyl sites for hydroxylation is 1. The molecule has 4 heteroatoms. The van der Waals surface area contributed by atoms with Gasteiger partial charge in [-0.3, -0.25) is 4.98 Å². The molecule has 0 aliphatic carbocycles. The van der Waals surface area contributed by atoms with Crippen molar-refractivity contribution in [2.45, 2.75) is 6.92 Å².